The van der Waals surface area contributed by atoms with Gasteiger partial charge < -0.3 is 10.1 Å². The average Bonchev–Trinajstić information content (AvgIpc) is 3.11. The average molecular weight is 333 g/mol. The van der Waals surface area contributed by atoms with Crippen LogP contribution in [0.5, 0.6) is 0 Å². The summed E-state index contributed by atoms with van der Waals surface area (Å²) in [5.41, 5.74) is 0.428. The number of nitrogens with one attached hydrogen (secondary N) is 1. The molecule has 3 aliphatic rings. The Morgan fingerprint density at radius 3 is 2.79 bits per heavy atom. The molecule has 0 radical (unpaired) electrons. The minimum absolute atomic E-state index is 0.379. The Balaban J connectivity index is 1.41. The lowest BCUT2D eigenvalue weighted by Crippen LogP contribution is -2.49. The minimum Gasteiger partial charge on any atom is -0.379 e. The Bertz CT molecular complexity index is 519. The SMILES string of the molecule is c1nc2n(n1)CCC[C@H]2NCC1(CN2CCOCC2)CCCCC1. The van der Waals surface area contributed by atoms with E-state index in [9.17, 15) is 0 Å². The van der Waals surface area contributed by atoms with Crippen LogP contribution in [0.15, 0.2) is 6.33 Å². The van der Waals surface area contributed by atoms with Crippen LogP contribution in [0.1, 0.15) is 56.8 Å². The van der Waals surface area contributed by atoms with Gasteiger partial charge in [-0.25, -0.2) is 9.67 Å². The molecule has 0 unspecified atom stereocenters. The lowest BCUT2D eigenvalue weighted by Gasteiger charge is -2.43. The van der Waals surface area contributed by atoms with Crippen molar-refractivity contribution in [1.29, 1.82) is 0 Å². The molecule has 6 nitrogen and oxygen atoms in total. The number of hydrogen-bond donors (Lipinski definition) is 1. The molecule has 1 atom stereocenters. The standard InChI is InChI=1S/C18H31N5O/c1-2-6-18(7-3-1,14-22-9-11-24-12-10-22)13-19-16-5-4-8-23-17(16)20-15-21-23/h15-16,19H,1-14H2/t16-/m1/s1. The van der Waals surface area contributed by atoms with Gasteiger partial charge in [-0.2, -0.15) is 5.10 Å². The fourth-order valence-electron chi connectivity index (χ4n) is 4.75. The fraction of sp³-hybridized carbons (Fsp3) is 0.889. The predicted molar refractivity (Wildman–Crippen MR) is 92.8 cm³/mol. The molecule has 0 spiro atoms. The van der Waals surface area contributed by atoms with Crippen molar-refractivity contribution in [3.05, 3.63) is 12.2 Å². The van der Waals surface area contributed by atoms with E-state index in [1.807, 2.05) is 0 Å². The number of aryl methyl sites for hydroxylation is 1. The lowest BCUT2D eigenvalue weighted by molar-refractivity contribution is 0.00625. The molecule has 0 amide bonds. The second-order valence-corrected chi connectivity index (χ2v) is 7.87. The second kappa shape index (κ2) is 7.50. The molecular weight excluding hydrogens is 302 g/mol. The molecule has 1 aromatic heterocycles. The van der Waals surface area contributed by atoms with E-state index in [4.69, 9.17) is 4.74 Å². The highest BCUT2D eigenvalue weighted by Gasteiger charge is 2.35. The van der Waals surface area contributed by atoms with Crippen LogP contribution in [0.25, 0.3) is 0 Å². The van der Waals surface area contributed by atoms with Gasteiger partial charge in [0.15, 0.2) is 0 Å². The Hall–Kier alpha value is -0.980. The van der Waals surface area contributed by atoms with Crippen molar-refractivity contribution in [3.63, 3.8) is 0 Å². The van der Waals surface area contributed by atoms with E-state index in [1.165, 1.54) is 51.5 Å². The van der Waals surface area contributed by atoms with Crippen LogP contribution in [0.3, 0.4) is 0 Å². The van der Waals surface area contributed by atoms with Gasteiger partial charge in [0.2, 0.25) is 0 Å². The number of nitrogens with zero attached hydrogens (tertiary/aromatic N) is 4. The van der Waals surface area contributed by atoms with Crippen LogP contribution in [-0.4, -0.2) is 59.1 Å². The molecule has 1 N–H and O–H groups in total. The molecule has 24 heavy (non-hydrogen) atoms. The number of rotatable bonds is 5. The topological polar surface area (TPSA) is 55.2 Å². The summed E-state index contributed by atoms with van der Waals surface area (Å²) in [6, 6.07) is 0.379. The molecule has 2 fully saturated rings. The van der Waals surface area contributed by atoms with Crippen LogP contribution in [-0.2, 0) is 11.3 Å². The summed E-state index contributed by atoms with van der Waals surface area (Å²) in [5, 5.41) is 8.24. The maximum absolute atomic E-state index is 5.53. The van der Waals surface area contributed by atoms with Crippen LogP contribution in [0, 0.1) is 5.41 Å². The third kappa shape index (κ3) is 3.65. The van der Waals surface area contributed by atoms with E-state index in [0.717, 1.165) is 45.2 Å². The number of fused-ring (bicyclic) bond motifs is 1. The highest BCUT2D eigenvalue weighted by molar-refractivity contribution is 4.99. The summed E-state index contributed by atoms with van der Waals surface area (Å²) in [6.45, 7) is 7.35. The van der Waals surface area contributed by atoms with Crippen LogP contribution >= 0.6 is 0 Å². The molecule has 1 aliphatic carbocycles. The number of hydrogen-bond acceptors (Lipinski definition) is 5. The Morgan fingerprint density at radius 1 is 1.12 bits per heavy atom. The van der Waals surface area contributed by atoms with Crippen molar-refractivity contribution < 1.29 is 4.74 Å². The number of morpholine rings is 1. The van der Waals surface area contributed by atoms with Gasteiger partial charge in [0.1, 0.15) is 12.2 Å². The molecule has 1 saturated heterocycles. The van der Waals surface area contributed by atoms with Gasteiger partial charge in [0.25, 0.3) is 0 Å². The smallest absolute Gasteiger partial charge is 0.143 e. The summed E-state index contributed by atoms with van der Waals surface area (Å²) in [6.07, 6.45) is 11.0. The van der Waals surface area contributed by atoms with E-state index in [2.05, 4.69) is 25.0 Å². The van der Waals surface area contributed by atoms with Crippen LogP contribution in [0.4, 0.5) is 0 Å². The second-order valence-electron chi connectivity index (χ2n) is 7.87. The molecule has 3 heterocycles. The highest BCUT2D eigenvalue weighted by Crippen LogP contribution is 2.37. The zero-order chi connectivity index (χ0) is 16.2. The molecule has 2 aliphatic heterocycles. The summed E-state index contributed by atoms with van der Waals surface area (Å²) in [5.74, 6) is 1.14. The van der Waals surface area contributed by atoms with E-state index < -0.39 is 0 Å². The third-order valence-corrected chi connectivity index (χ3v) is 6.12. The number of ether oxygens (including phenoxy) is 1. The van der Waals surface area contributed by atoms with Crippen molar-refractivity contribution >= 4 is 0 Å². The Kier molecular flexibility index (Phi) is 5.15. The van der Waals surface area contributed by atoms with Gasteiger partial charge in [-0.3, -0.25) is 4.90 Å². The van der Waals surface area contributed by atoms with Crippen molar-refractivity contribution in [3.8, 4) is 0 Å². The molecule has 6 heteroatoms. The van der Waals surface area contributed by atoms with E-state index in [0.29, 0.717) is 11.5 Å². The van der Waals surface area contributed by atoms with Crippen LogP contribution < -0.4 is 5.32 Å². The van der Waals surface area contributed by atoms with E-state index in [1.54, 1.807) is 6.33 Å². The maximum Gasteiger partial charge on any atom is 0.143 e. The molecule has 1 saturated carbocycles. The zero-order valence-corrected chi connectivity index (χ0v) is 14.8. The zero-order valence-electron chi connectivity index (χ0n) is 14.8. The van der Waals surface area contributed by atoms with Crippen molar-refractivity contribution in [2.45, 2.75) is 57.5 Å². The van der Waals surface area contributed by atoms with Gasteiger partial charge in [-0.05, 0) is 31.1 Å². The van der Waals surface area contributed by atoms with Crippen molar-refractivity contribution in [2.24, 2.45) is 5.41 Å². The summed E-state index contributed by atoms with van der Waals surface area (Å²) >= 11 is 0. The third-order valence-electron chi connectivity index (χ3n) is 6.12. The monoisotopic (exact) mass is 333 g/mol. The van der Waals surface area contributed by atoms with Gasteiger partial charge in [-0.1, -0.05) is 19.3 Å². The van der Waals surface area contributed by atoms with Gasteiger partial charge in [-0.15, -0.1) is 0 Å². The molecular formula is C18H31N5O. The summed E-state index contributed by atoms with van der Waals surface area (Å²) in [4.78, 5) is 7.13. The van der Waals surface area contributed by atoms with Gasteiger partial charge in [0.05, 0.1) is 19.3 Å². The molecule has 0 bridgehead atoms. The first-order chi connectivity index (χ1) is 11.8. The normalized spacial score (nSPS) is 27.8. The molecule has 0 aromatic carbocycles. The first-order valence-electron chi connectivity index (χ1n) is 9.76. The molecule has 4 rings (SSSR count). The van der Waals surface area contributed by atoms with Gasteiger partial charge in [0, 0.05) is 32.7 Å². The van der Waals surface area contributed by atoms with Crippen LogP contribution in [0.2, 0.25) is 0 Å². The molecule has 1 aromatic rings. The van der Waals surface area contributed by atoms with Gasteiger partial charge >= 0.3 is 0 Å². The Labute approximate surface area is 145 Å². The minimum atomic E-state index is 0.379. The van der Waals surface area contributed by atoms with E-state index in [-0.39, 0.29) is 0 Å². The Morgan fingerprint density at radius 2 is 1.96 bits per heavy atom. The maximum atomic E-state index is 5.53. The van der Waals surface area contributed by atoms with E-state index >= 15 is 0 Å². The first kappa shape index (κ1) is 16.5. The molecule has 134 valence electrons. The predicted octanol–water partition coefficient (Wildman–Crippen LogP) is 1.99. The van der Waals surface area contributed by atoms with Crippen molar-refractivity contribution in [2.75, 3.05) is 39.4 Å². The fourth-order valence-corrected chi connectivity index (χ4v) is 4.75. The first-order valence-corrected chi connectivity index (χ1v) is 9.76. The summed E-state index contributed by atoms with van der Waals surface area (Å²) in [7, 11) is 0. The largest absolute Gasteiger partial charge is 0.379 e. The number of aromatic nitrogens is 3. The quantitative estimate of drug-likeness (QED) is 0.893. The van der Waals surface area contributed by atoms with Crippen molar-refractivity contribution in [1.82, 2.24) is 25.0 Å². The highest BCUT2D eigenvalue weighted by atomic mass is 16.5. The lowest BCUT2D eigenvalue weighted by atomic mass is 9.73. The summed E-state index contributed by atoms with van der Waals surface area (Å²) < 4.78 is 7.61.